The molecule has 2 aliphatic carbocycles. The van der Waals surface area contributed by atoms with Gasteiger partial charge >= 0.3 is 0 Å². The summed E-state index contributed by atoms with van der Waals surface area (Å²) in [7, 11) is 0. The van der Waals surface area contributed by atoms with Gasteiger partial charge in [-0.05, 0) is 63.9 Å². The van der Waals surface area contributed by atoms with Gasteiger partial charge in [0.15, 0.2) is 17.5 Å². The zero-order valence-corrected chi connectivity index (χ0v) is 33.1. The van der Waals surface area contributed by atoms with Crippen LogP contribution in [0.1, 0.15) is 36.1 Å². The lowest BCUT2D eigenvalue weighted by Gasteiger charge is -2.31. The highest BCUT2D eigenvalue weighted by atomic mass is 32.1. The summed E-state index contributed by atoms with van der Waals surface area (Å²) < 4.78 is 0. The Labute approximate surface area is 343 Å². The predicted molar refractivity (Wildman–Crippen MR) is 242 cm³/mol. The van der Waals surface area contributed by atoms with E-state index in [1.807, 2.05) is 73.7 Å². The third kappa shape index (κ3) is 5.60. The summed E-state index contributed by atoms with van der Waals surface area (Å²) in [4.78, 5) is 18.1. The lowest BCUT2D eigenvalue weighted by atomic mass is 9.70. The molecule has 1 unspecified atom stereocenters. The summed E-state index contributed by atoms with van der Waals surface area (Å²) >= 11 is 1.91. The number of aromatic nitrogens is 3. The van der Waals surface area contributed by atoms with Gasteiger partial charge in [-0.25, -0.2) is 15.0 Å². The van der Waals surface area contributed by atoms with Gasteiger partial charge in [0.2, 0.25) is 0 Å². The first-order chi connectivity index (χ1) is 28.7. The molecule has 0 radical (unpaired) electrons. The van der Waals surface area contributed by atoms with E-state index in [0.717, 1.165) is 16.7 Å². The first-order valence-corrected chi connectivity index (χ1v) is 20.6. The van der Waals surface area contributed by atoms with Crippen LogP contribution < -0.4 is 0 Å². The van der Waals surface area contributed by atoms with Crippen molar-refractivity contribution in [1.29, 1.82) is 0 Å². The monoisotopic (exact) mass is 761 g/mol. The minimum Gasteiger partial charge on any atom is -0.208 e. The van der Waals surface area contributed by atoms with Gasteiger partial charge in [-0.3, -0.25) is 0 Å². The van der Waals surface area contributed by atoms with Gasteiger partial charge in [-0.15, -0.1) is 11.3 Å². The average Bonchev–Trinajstić information content (AvgIpc) is 3.95. The molecule has 3 nitrogen and oxygen atoms in total. The molecule has 7 aromatic carbocycles. The molecule has 0 saturated heterocycles. The molecule has 0 aliphatic heterocycles. The summed E-state index contributed by atoms with van der Waals surface area (Å²) in [5, 5.41) is 0. The fourth-order valence-corrected chi connectivity index (χ4v) is 10.2. The molecule has 0 N–H and O–H groups in total. The topological polar surface area (TPSA) is 38.7 Å². The molecule has 1 atom stereocenters. The van der Waals surface area contributed by atoms with E-state index in [9.17, 15) is 0 Å². The highest BCUT2D eigenvalue weighted by molar-refractivity contribution is 7.19. The molecular weight excluding hydrogens is 723 g/mol. The van der Waals surface area contributed by atoms with E-state index in [-0.39, 0.29) is 0 Å². The molecule has 4 heteroatoms. The number of allylic oxidation sites excluding steroid dienone is 2. The summed E-state index contributed by atoms with van der Waals surface area (Å²) in [5.41, 5.74) is 15.0. The van der Waals surface area contributed by atoms with Crippen LogP contribution in [0.2, 0.25) is 0 Å². The van der Waals surface area contributed by atoms with Gasteiger partial charge in [0, 0.05) is 32.0 Å². The Bertz CT molecular complexity index is 2890. The molecule has 2 aliphatic rings. The van der Waals surface area contributed by atoms with Crippen molar-refractivity contribution in [3.8, 4) is 77.3 Å². The Balaban J connectivity index is 0.000000978. The molecule has 58 heavy (non-hydrogen) atoms. The van der Waals surface area contributed by atoms with Crippen LogP contribution in [0.25, 0.3) is 77.3 Å². The molecule has 0 amide bonds. The molecule has 2 aromatic heterocycles. The van der Waals surface area contributed by atoms with E-state index in [1.54, 1.807) is 0 Å². The smallest absolute Gasteiger partial charge is 0.164 e. The molecule has 1 spiro atoms. The van der Waals surface area contributed by atoms with Crippen LogP contribution in [0.4, 0.5) is 0 Å². The minimum absolute atomic E-state index is 0.555. The lowest BCUT2D eigenvalue weighted by molar-refractivity contribution is 0.798. The van der Waals surface area contributed by atoms with E-state index in [2.05, 4.69) is 152 Å². The molecule has 276 valence electrons. The van der Waals surface area contributed by atoms with Gasteiger partial charge in [-0.1, -0.05) is 200 Å². The Kier molecular flexibility index (Phi) is 9.04. The van der Waals surface area contributed by atoms with Crippen molar-refractivity contribution in [2.24, 2.45) is 0 Å². The largest absolute Gasteiger partial charge is 0.208 e. The number of hydrogen-bond acceptors (Lipinski definition) is 4. The second-order valence-electron chi connectivity index (χ2n) is 14.5. The lowest BCUT2D eigenvalue weighted by Crippen LogP contribution is -2.26. The van der Waals surface area contributed by atoms with E-state index < -0.39 is 5.41 Å². The van der Waals surface area contributed by atoms with Crippen molar-refractivity contribution >= 4 is 11.3 Å². The molecule has 9 aromatic rings. The molecule has 0 saturated carbocycles. The van der Waals surface area contributed by atoms with Crippen molar-refractivity contribution in [1.82, 2.24) is 15.0 Å². The maximum Gasteiger partial charge on any atom is 0.164 e. The van der Waals surface area contributed by atoms with Crippen molar-refractivity contribution in [2.75, 3.05) is 0 Å². The molecule has 0 bridgehead atoms. The van der Waals surface area contributed by atoms with E-state index in [1.165, 1.54) is 65.4 Å². The van der Waals surface area contributed by atoms with Crippen molar-refractivity contribution in [3.05, 3.63) is 222 Å². The van der Waals surface area contributed by atoms with Crippen LogP contribution in [0, 0.1) is 0 Å². The standard InChI is InChI=1S/C50H31N3S.C4H8/c1-5-18-32(19-6-1)45-43-37-27-14-16-30-40(37)50(44(43)46(54-45)33-20-7-2-8-21-33)39-29-15-13-26-36(39)42-38(28-17-31-41(42)50)49-52-47(34-22-9-3-10-23-34)51-48(53-49)35-24-11-4-12-25-35;1-3-4-2/h1-31H;3-4H,1-2H3/b;4-3-. The zero-order valence-electron chi connectivity index (χ0n) is 32.3. The van der Waals surface area contributed by atoms with Gasteiger partial charge in [0.05, 0.1) is 5.41 Å². The Hall–Kier alpha value is -7.01. The van der Waals surface area contributed by atoms with Crippen LogP contribution in [0.5, 0.6) is 0 Å². The summed E-state index contributed by atoms with van der Waals surface area (Å²) in [6.07, 6.45) is 4.00. The van der Waals surface area contributed by atoms with Crippen LogP contribution in [0.15, 0.2) is 200 Å². The van der Waals surface area contributed by atoms with E-state index in [0.29, 0.717) is 17.5 Å². The van der Waals surface area contributed by atoms with Crippen LogP contribution >= 0.6 is 11.3 Å². The highest BCUT2D eigenvalue weighted by Gasteiger charge is 2.55. The molecule has 2 heterocycles. The van der Waals surface area contributed by atoms with Gasteiger partial charge < -0.3 is 0 Å². The predicted octanol–water partition coefficient (Wildman–Crippen LogP) is 14.2. The van der Waals surface area contributed by atoms with Crippen LogP contribution in [-0.2, 0) is 5.41 Å². The fourth-order valence-electron chi connectivity index (χ4n) is 8.80. The van der Waals surface area contributed by atoms with Crippen molar-refractivity contribution < 1.29 is 0 Å². The quantitative estimate of drug-likeness (QED) is 0.164. The second-order valence-corrected chi connectivity index (χ2v) is 15.5. The first-order valence-electron chi connectivity index (χ1n) is 19.8. The third-order valence-electron chi connectivity index (χ3n) is 11.3. The second kappa shape index (κ2) is 14.8. The zero-order chi connectivity index (χ0) is 39.1. The molecular formula is C54H39N3S. The summed E-state index contributed by atoms with van der Waals surface area (Å²) in [5.74, 6) is 1.97. The Morgan fingerprint density at radius 2 is 0.759 bits per heavy atom. The number of hydrogen-bond donors (Lipinski definition) is 0. The van der Waals surface area contributed by atoms with Crippen molar-refractivity contribution in [3.63, 3.8) is 0 Å². The number of fused-ring (bicyclic) bond motifs is 10. The third-order valence-corrected chi connectivity index (χ3v) is 12.6. The Morgan fingerprint density at radius 1 is 0.362 bits per heavy atom. The number of benzene rings is 7. The van der Waals surface area contributed by atoms with Crippen LogP contribution in [0.3, 0.4) is 0 Å². The normalized spacial score (nSPS) is 14.4. The number of thiophene rings is 1. The fraction of sp³-hybridized carbons (Fsp3) is 0.0556. The highest BCUT2D eigenvalue weighted by Crippen LogP contribution is 2.68. The van der Waals surface area contributed by atoms with Crippen LogP contribution in [-0.4, -0.2) is 15.0 Å². The SMILES string of the molecule is C/C=C\C.c1ccc(-c2nc(-c3ccccc3)nc(-c3cccc4c3-c3ccccc3C43c4ccccc4-c4c(-c5ccccc5)sc(-c5ccccc5)c43)n2)cc1. The maximum absolute atomic E-state index is 5.24. The van der Waals surface area contributed by atoms with Gasteiger partial charge in [-0.2, -0.15) is 0 Å². The molecule has 11 rings (SSSR count). The number of nitrogens with zero attached hydrogens (tertiary/aromatic N) is 3. The van der Waals surface area contributed by atoms with Gasteiger partial charge in [0.1, 0.15) is 0 Å². The maximum atomic E-state index is 5.24. The molecule has 0 fully saturated rings. The summed E-state index contributed by atoms with van der Waals surface area (Å²) in [6.45, 7) is 4.00. The first kappa shape index (κ1) is 35.4. The van der Waals surface area contributed by atoms with Crippen molar-refractivity contribution in [2.45, 2.75) is 19.3 Å². The average molecular weight is 762 g/mol. The minimum atomic E-state index is -0.555. The summed E-state index contributed by atoms with van der Waals surface area (Å²) in [6, 6.07) is 67.1. The van der Waals surface area contributed by atoms with E-state index in [4.69, 9.17) is 15.0 Å². The Morgan fingerprint density at radius 3 is 1.28 bits per heavy atom. The van der Waals surface area contributed by atoms with Gasteiger partial charge in [0.25, 0.3) is 0 Å². The number of rotatable bonds is 5. The van der Waals surface area contributed by atoms with E-state index >= 15 is 0 Å².